The second kappa shape index (κ2) is 4.25. The van der Waals surface area contributed by atoms with Crippen LogP contribution in [0.3, 0.4) is 0 Å². The number of carbonyl (C=O) groups excluding carboxylic acids is 1. The first-order valence-corrected chi connectivity index (χ1v) is 4.78. The third-order valence-corrected chi connectivity index (χ3v) is 2.33. The minimum atomic E-state index is -0.173. The highest BCUT2D eigenvalue weighted by atomic mass is 16.2. The maximum atomic E-state index is 11.3. The van der Waals surface area contributed by atoms with Crippen molar-refractivity contribution in [2.75, 3.05) is 13.1 Å². The van der Waals surface area contributed by atoms with E-state index in [0.29, 0.717) is 12.4 Å². The zero-order valence-electron chi connectivity index (χ0n) is 8.26. The summed E-state index contributed by atoms with van der Waals surface area (Å²) >= 11 is 0. The van der Waals surface area contributed by atoms with Crippen LogP contribution >= 0.6 is 0 Å². The standard InChI is InChI=1S/C9H17N3O/c1-3-4-8(10)12-6-5-11-9(13)7(12)2/h7,10H,3-6H2,1-2H3,(H,11,13). The van der Waals surface area contributed by atoms with E-state index < -0.39 is 0 Å². The quantitative estimate of drug-likeness (QED) is 0.486. The molecule has 0 bridgehead atoms. The summed E-state index contributed by atoms with van der Waals surface area (Å²) in [5, 5.41) is 10.5. The number of nitrogens with one attached hydrogen (secondary N) is 2. The van der Waals surface area contributed by atoms with Crippen LogP contribution in [-0.2, 0) is 4.79 Å². The predicted molar refractivity (Wildman–Crippen MR) is 51.8 cm³/mol. The molecule has 0 aromatic heterocycles. The Bertz CT molecular complexity index is 215. The van der Waals surface area contributed by atoms with Gasteiger partial charge in [0.05, 0.1) is 5.84 Å². The van der Waals surface area contributed by atoms with Gasteiger partial charge >= 0.3 is 0 Å². The third-order valence-electron chi connectivity index (χ3n) is 2.33. The fourth-order valence-electron chi connectivity index (χ4n) is 1.53. The minimum absolute atomic E-state index is 0.0344. The Hall–Kier alpha value is -1.06. The van der Waals surface area contributed by atoms with Crippen molar-refractivity contribution in [3.8, 4) is 0 Å². The number of amidine groups is 1. The molecule has 0 spiro atoms. The molecule has 1 unspecified atom stereocenters. The van der Waals surface area contributed by atoms with Gasteiger partial charge in [0.25, 0.3) is 0 Å². The van der Waals surface area contributed by atoms with Gasteiger partial charge in [-0.1, -0.05) is 6.92 Å². The van der Waals surface area contributed by atoms with E-state index >= 15 is 0 Å². The lowest BCUT2D eigenvalue weighted by atomic mass is 10.1. The number of piperazine rings is 1. The summed E-state index contributed by atoms with van der Waals surface area (Å²) in [5.41, 5.74) is 0. The van der Waals surface area contributed by atoms with Crippen LogP contribution in [0.15, 0.2) is 0 Å². The van der Waals surface area contributed by atoms with Gasteiger partial charge in [0.15, 0.2) is 0 Å². The normalized spacial score (nSPS) is 22.8. The van der Waals surface area contributed by atoms with Crippen molar-refractivity contribution in [3.05, 3.63) is 0 Å². The molecule has 1 heterocycles. The van der Waals surface area contributed by atoms with Gasteiger partial charge in [-0.2, -0.15) is 0 Å². The van der Waals surface area contributed by atoms with Crippen LogP contribution < -0.4 is 5.32 Å². The predicted octanol–water partition coefficient (Wildman–Crippen LogP) is 0.584. The highest BCUT2D eigenvalue weighted by Gasteiger charge is 2.26. The molecule has 1 amide bonds. The molecule has 1 rings (SSSR count). The summed E-state index contributed by atoms with van der Waals surface area (Å²) in [7, 11) is 0. The summed E-state index contributed by atoms with van der Waals surface area (Å²) in [5.74, 6) is 0.622. The van der Waals surface area contributed by atoms with E-state index in [1.54, 1.807) is 0 Å². The van der Waals surface area contributed by atoms with E-state index in [4.69, 9.17) is 5.41 Å². The van der Waals surface area contributed by atoms with Gasteiger partial charge in [-0.3, -0.25) is 10.2 Å². The van der Waals surface area contributed by atoms with Crippen molar-refractivity contribution < 1.29 is 4.79 Å². The molecule has 1 fully saturated rings. The summed E-state index contributed by atoms with van der Waals surface area (Å²) in [6, 6.07) is -0.173. The molecular formula is C9H17N3O. The summed E-state index contributed by atoms with van der Waals surface area (Å²) in [6.07, 6.45) is 1.72. The molecule has 0 aromatic carbocycles. The molecule has 13 heavy (non-hydrogen) atoms. The van der Waals surface area contributed by atoms with Crippen molar-refractivity contribution in [2.24, 2.45) is 0 Å². The Balaban J connectivity index is 2.57. The Morgan fingerprint density at radius 3 is 3.08 bits per heavy atom. The largest absolute Gasteiger partial charge is 0.353 e. The molecular weight excluding hydrogens is 166 g/mol. The average molecular weight is 183 g/mol. The number of hydrogen-bond acceptors (Lipinski definition) is 2. The van der Waals surface area contributed by atoms with Gasteiger partial charge in [0.1, 0.15) is 6.04 Å². The Labute approximate surface area is 78.8 Å². The van der Waals surface area contributed by atoms with Crippen LogP contribution in [0.5, 0.6) is 0 Å². The van der Waals surface area contributed by atoms with E-state index in [1.165, 1.54) is 0 Å². The molecule has 0 aromatic rings. The van der Waals surface area contributed by atoms with E-state index in [-0.39, 0.29) is 11.9 Å². The van der Waals surface area contributed by atoms with Crippen LogP contribution in [-0.4, -0.2) is 35.8 Å². The number of carbonyl (C=O) groups is 1. The molecule has 1 aliphatic heterocycles. The molecule has 4 heteroatoms. The van der Waals surface area contributed by atoms with Gasteiger partial charge < -0.3 is 10.2 Å². The Morgan fingerprint density at radius 2 is 2.46 bits per heavy atom. The minimum Gasteiger partial charge on any atom is -0.353 e. The van der Waals surface area contributed by atoms with Crippen molar-refractivity contribution in [1.82, 2.24) is 10.2 Å². The molecule has 0 aliphatic carbocycles. The second-order valence-electron chi connectivity index (χ2n) is 3.36. The maximum absolute atomic E-state index is 11.3. The molecule has 1 aliphatic rings. The van der Waals surface area contributed by atoms with Crippen LogP contribution in [0.4, 0.5) is 0 Å². The van der Waals surface area contributed by atoms with Crippen molar-refractivity contribution >= 4 is 11.7 Å². The smallest absolute Gasteiger partial charge is 0.242 e. The van der Waals surface area contributed by atoms with E-state index in [2.05, 4.69) is 5.32 Å². The molecule has 0 saturated carbocycles. The topological polar surface area (TPSA) is 56.2 Å². The lowest BCUT2D eigenvalue weighted by Gasteiger charge is -2.34. The summed E-state index contributed by atoms with van der Waals surface area (Å²) in [6.45, 7) is 5.32. The third kappa shape index (κ3) is 2.20. The second-order valence-corrected chi connectivity index (χ2v) is 3.36. The molecule has 1 atom stereocenters. The van der Waals surface area contributed by atoms with E-state index in [9.17, 15) is 4.79 Å². The monoisotopic (exact) mass is 183 g/mol. The van der Waals surface area contributed by atoms with Crippen LogP contribution in [0.25, 0.3) is 0 Å². The van der Waals surface area contributed by atoms with Gasteiger partial charge in [0, 0.05) is 19.5 Å². The van der Waals surface area contributed by atoms with Crippen LogP contribution in [0.2, 0.25) is 0 Å². The molecule has 4 nitrogen and oxygen atoms in total. The average Bonchev–Trinajstić information content (AvgIpc) is 2.10. The van der Waals surface area contributed by atoms with Gasteiger partial charge in [-0.15, -0.1) is 0 Å². The van der Waals surface area contributed by atoms with Crippen molar-refractivity contribution in [3.63, 3.8) is 0 Å². The number of amides is 1. The number of rotatable bonds is 2. The molecule has 74 valence electrons. The van der Waals surface area contributed by atoms with E-state index in [1.807, 2.05) is 18.7 Å². The van der Waals surface area contributed by atoms with Crippen LogP contribution in [0, 0.1) is 5.41 Å². The SMILES string of the molecule is CCCC(=N)N1CCNC(=O)C1C. The first-order chi connectivity index (χ1) is 6.16. The Morgan fingerprint density at radius 1 is 1.77 bits per heavy atom. The van der Waals surface area contributed by atoms with Crippen LogP contribution in [0.1, 0.15) is 26.7 Å². The highest BCUT2D eigenvalue weighted by Crippen LogP contribution is 2.07. The van der Waals surface area contributed by atoms with Gasteiger partial charge in [0.2, 0.25) is 5.91 Å². The molecule has 2 N–H and O–H groups in total. The summed E-state index contributed by atoms with van der Waals surface area (Å²) < 4.78 is 0. The fraction of sp³-hybridized carbons (Fsp3) is 0.778. The molecule has 1 saturated heterocycles. The highest BCUT2D eigenvalue weighted by molar-refractivity contribution is 5.89. The zero-order chi connectivity index (χ0) is 9.84. The van der Waals surface area contributed by atoms with Crippen molar-refractivity contribution in [1.29, 1.82) is 5.41 Å². The number of hydrogen-bond donors (Lipinski definition) is 2. The van der Waals surface area contributed by atoms with E-state index in [0.717, 1.165) is 19.4 Å². The maximum Gasteiger partial charge on any atom is 0.242 e. The van der Waals surface area contributed by atoms with Gasteiger partial charge in [-0.25, -0.2) is 0 Å². The fourth-order valence-corrected chi connectivity index (χ4v) is 1.53. The number of nitrogens with zero attached hydrogens (tertiary/aromatic N) is 1. The van der Waals surface area contributed by atoms with Gasteiger partial charge in [-0.05, 0) is 13.3 Å². The molecule has 0 radical (unpaired) electrons. The van der Waals surface area contributed by atoms with Crippen molar-refractivity contribution in [2.45, 2.75) is 32.7 Å². The first kappa shape index (κ1) is 10.0. The zero-order valence-corrected chi connectivity index (χ0v) is 8.26. The Kier molecular flexibility index (Phi) is 3.28. The lowest BCUT2D eigenvalue weighted by molar-refractivity contribution is -0.126. The lowest BCUT2D eigenvalue weighted by Crippen LogP contribution is -2.55. The summed E-state index contributed by atoms with van der Waals surface area (Å²) in [4.78, 5) is 13.1. The first-order valence-electron chi connectivity index (χ1n) is 4.78.